The molecule has 55 valence electrons. The molecule has 0 saturated heterocycles. The Hall–Kier alpha value is 0.314. The third-order valence-corrected chi connectivity index (χ3v) is 0.902. The van der Waals surface area contributed by atoms with Gasteiger partial charge in [0.25, 0.3) is 0 Å². The van der Waals surface area contributed by atoms with Crippen LogP contribution in [0.15, 0.2) is 23.8 Å². The van der Waals surface area contributed by atoms with Crippen LogP contribution < -0.4 is 24.8 Å². The van der Waals surface area contributed by atoms with Crippen LogP contribution in [-0.4, -0.2) is 6.29 Å². The Balaban J connectivity index is -0.000000163. The summed E-state index contributed by atoms with van der Waals surface area (Å²) < 4.78 is 0. The van der Waals surface area contributed by atoms with Crippen molar-refractivity contribution in [1.82, 2.24) is 0 Å². The van der Waals surface area contributed by atoms with Gasteiger partial charge in [-0.05, 0) is 12.7 Å². The molecule has 4 heteroatoms. The fourth-order valence-corrected chi connectivity index (χ4v) is 0.523. The fourth-order valence-electron chi connectivity index (χ4n) is 0.523. The number of allylic oxidation sites excluding steroid dienone is 4. The van der Waals surface area contributed by atoms with Crippen LogP contribution in [0, 0.1) is 0 Å². The first-order valence-electron chi connectivity index (χ1n) is 2.17. The molecule has 0 fully saturated rings. The molecule has 0 aromatic carbocycles. The molecular formula is C6H5Cl2OV-. The molecule has 0 heterocycles. The molecule has 0 unspecified atom stereocenters. The Morgan fingerprint density at radius 1 is 1.40 bits per heavy atom. The Morgan fingerprint density at radius 3 is 2.20 bits per heavy atom. The average molecular weight is 215 g/mol. The first-order chi connectivity index (χ1) is 3.43. The van der Waals surface area contributed by atoms with Crippen LogP contribution in [0.2, 0.25) is 0 Å². The summed E-state index contributed by atoms with van der Waals surface area (Å²) in [6.45, 7) is 0. The van der Waals surface area contributed by atoms with Gasteiger partial charge in [-0.15, -0.1) is 12.2 Å². The molecule has 1 radical (unpaired) electrons. The molecule has 10 heavy (non-hydrogen) atoms. The Morgan fingerprint density at radius 2 is 2.00 bits per heavy atom. The van der Waals surface area contributed by atoms with E-state index in [0.717, 1.165) is 12.0 Å². The first kappa shape index (κ1) is 16.7. The van der Waals surface area contributed by atoms with E-state index >= 15 is 0 Å². The van der Waals surface area contributed by atoms with E-state index in [-0.39, 0.29) is 43.4 Å². The predicted molar refractivity (Wildman–Crippen MR) is 27.5 cm³/mol. The molecule has 1 nitrogen and oxygen atoms in total. The van der Waals surface area contributed by atoms with E-state index in [1.165, 1.54) is 0 Å². The fraction of sp³-hybridized carbons (Fsp3) is 0.167. The molecular weight excluding hydrogens is 210 g/mol. The van der Waals surface area contributed by atoms with Gasteiger partial charge in [0.1, 0.15) is 0 Å². The molecule has 1 aliphatic rings. The molecule has 0 spiro atoms. The zero-order valence-corrected chi connectivity index (χ0v) is 7.96. The standard InChI is InChI=1S/C6H5O.2ClH.V/c7-5-6-3-1-2-4-6;;;/h1-3H,4H2;2*1H;/q-1;;;+2/p-2. The van der Waals surface area contributed by atoms with Gasteiger partial charge in [0.05, 0.1) is 0 Å². The van der Waals surface area contributed by atoms with E-state index in [0.29, 0.717) is 0 Å². The van der Waals surface area contributed by atoms with Gasteiger partial charge < -0.3 is 29.6 Å². The summed E-state index contributed by atoms with van der Waals surface area (Å²) in [6.07, 6.45) is 8.14. The summed E-state index contributed by atoms with van der Waals surface area (Å²) in [5, 5.41) is 0. The van der Waals surface area contributed by atoms with Gasteiger partial charge in [-0.1, -0.05) is 0 Å². The Bertz CT molecular complexity index is 143. The van der Waals surface area contributed by atoms with Crippen LogP contribution >= 0.6 is 0 Å². The second kappa shape index (κ2) is 9.31. The van der Waals surface area contributed by atoms with E-state index in [1.807, 2.05) is 18.4 Å². The molecule has 0 aromatic rings. The molecule has 0 amide bonds. The van der Waals surface area contributed by atoms with Crippen molar-refractivity contribution in [3.63, 3.8) is 0 Å². The second-order valence-corrected chi connectivity index (χ2v) is 1.43. The van der Waals surface area contributed by atoms with Crippen LogP contribution in [0.4, 0.5) is 0 Å². The van der Waals surface area contributed by atoms with Crippen molar-refractivity contribution in [2.24, 2.45) is 0 Å². The van der Waals surface area contributed by atoms with Crippen molar-refractivity contribution in [1.29, 1.82) is 0 Å². The minimum absolute atomic E-state index is 0. The van der Waals surface area contributed by atoms with Crippen molar-refractivity contribution in [2.75, 3.05) is 0 Å². The van der Waals surface area contributed by atoms with E-state index in [9.17, 15) is 4.79 Å². The third-order valence-electron chi connectivity index (χ3n) is 0.902. The van der Waals surface area contributed by atoms with Gasteiger partial charge in [-0.2, -0.15) is 5.57 Å². The second-order valence-electron chi connectivity index (χ2n) is 1.43. The van der Waals surface area contributed by atoms with Gasteiger partial charge in [-0.25, -0.2) is 6.08 Å². The molecule has 0 bridgehead atoms. The van der Waals surface area contributed by atoms with Crippen molar-refractivity contribution in [3.05, 3.63) is 23.8 Å². The quantitative estimate of drug-likeness (QED) is 0.400. The van der Waals surface area contributed by atoms with Gasteiger partial charge in [0.15, 0.2) is 0 Å². The van der Waals surface area contributed by atoms with Crippen LogP contribution in [0.5, 0.6) is 0 Å². The molecule has 1 aliphatic carbocycles. The van der Waals surface area contributed by atoms with Crippen LogP contribution in [0.3, 0.4) is 0 Å². The largest absolute Gasteiger partial charge is 2.00 e. The molecule has 1 rings (SSSR count). The van der Waals surface area contributed by atoms with Crippen molar-refractivity contribution in [2.45, 2.75) is 6.42 Å². The zero-order valence-electron chi connectivity index (χ0n) is 5.05. The summed E-state index contributed by atoms with van der Waals surface area (Å²) in [5.74, 6) is 0. The van der Waals surface area contributed by atoms with Crippen LogP contribution in [0.25, 0.3) is 0 Å². The Labute approximate surface area is 84.7 Å². The van der Waals surface area contributed by atoms with Gasteiger partial charge in [-0.3, -0.25) is 0 Å². The van der Waals surface area contributed by atoms with Crippen molar-refractivity contribution >= 4 is 6.29 Å². The van der Waals surface area contributed by atoms with Crippen LogP contribution in [-0.2, 0) is 23.4 Å². The summed E-state index contributed by atoms with van der Waals surface area (Å²) in [6, 6.07) is 0. The number of halogens is 2. The third kappa shape index (κ3) is 5.13. The monoisotopic (exact) mass is 214 g/mol. The van der Waals surface area contributed by atoms with Crippen molar-refractivity contribution < 1.29 is 48.2 Å². The topological polar surface area (TPSA) is 17.1 Å². The van der Waals surface area contributed by atoms with Gasteiger partial charge in [0, 0.05) is 0 Å². The Kier molecular flexibility index (Phi) is 15.6. The number of hydrogen-bond donors (Lipinski definition) is 0. The molecule has 0 aliphatic heterocycles. The average Bonchev–Trinajstić information content (AvgIpc) is 2.14. The molecule has 0 saturated carbocycles. The summed E-state index contributed by atoms with van der Waals surface area (Å²) in [7, 11) is 0. The summed E-state index contributed by atoms with van der Waals surface area (Å²) >= 11 is 0. The van der Waals surface area contributed by atoms with E-state index in [1.54, 1.807) is 6.08 Å². The maximum absolute atomic E-state index is 9.77. The smallest absolute Gasteiger partial charge is 1.00 e. The molecule has 0 N–H and O–H groups in total. The van der Waals surface area contributed by atoms with Gasteiger partial charge >= 0.3 is 18.6 Å². The minimum Gasteiger partial charge on any atom is -1.00 e. The predicted octanol–water partition coefficient (Wildman–Crippen LogP) is -5.01. The van der Waals surface area contributed by atoms with E-state index in [4.69, 9.17) is 0 Å². The van der Waals surface area contributed by atoms with E-state index in [2.05, 4.69) is 0 Å². The van der Waals surface area contributed by atoms with Gasteiger partial charge in [0.2, 0.25) is 0 Å². The molecule has 0 atom stereocenters. The zero-order chi connectivity index (χ0) is 5.11. The number of rotatable bonds is 1. The SMILES string of the molecule is O=[C-]C1=CC=CC1.[Cl-].[Cl-].[V+2]. The maximum Gasteiger partial charge on any atom is 2.00 e. The van der Waals surface area contributed by atoms with E-state index < -0.39 is 0 Å². The number of carbonyl (C=O) groups excluding carboxylic acids is 1. The number of hydrogen-bond acceptors (Lipinski definition) is 1. The molecule has 0 aromatic heterocycles. The summed E-state index contributed by atoms with van der Waals surface area (Å²) in [5.41, 5.74) is 0.750. The summed E-state index contributed by atoms with van der Waals surface area (Å²) in [4.78, 5) is 9.77. The first-order valence-corrected chi connectivity index (χ1v) is 2.17. The van der Waals surface area contributed by atoms with Crippen molar-refractivity contribution in [3.8, 4) is 0 Å². The maximum atomic E-state index is 9.77. The minimum atomic E-state index is 0. The normalized spacial score (nSPS) is 11.8. The van der Waals surface area contributed by atoms with Crippen LogP contribution in [0.1, 0.15) is 6.42 Å².